The van der Waals surface area contributed by atoms with Crippen LogP contribution in [0.15, 0.2) is 84.1 Å². The fourth-order valence-corrected chi connectivity index (χ4v) is 5.07. The summed E-state index contributed by atoms with van der Waals surface area (Å²) in [6.45, 7) is 6.22. The van der Waals surface area contributed by atoms with Gasteiger partial charge in [0.2, 0.25) is 0 Å². The number of hydrogen-bond acceptors (Lipinski definition) is 4. The van der Waals surface area contributed by atoms with E-state index in [1.165, 1.54) is 11.1 Å². The number of hydrogen-bond donors (Lipinski definition) is 2. The summed E-state index contributed by atoms with van der Waals surface area (Å²) in [5.41, 5.74) is 7.33. The second-order valence-corrected chi connectivity index (χ2v) is 9.47. The SMILES string of the molecule is CCc1ccc(C2CC(=O)C3=C(C2)Nc2ccccc2NC3c2ccccc2OC(C)C)cc1. The molecule has 0 spiro atoms. The number of anilines is 2. The number of rotatable bonds is 5. The number of ketones is 1. The van der Waals surface area contributed by atoms with Crippen LogP contribution in [0.25, 0.3) is 0 Å². The van der Waals surface area contributed by atoms with E-state index < -0.39 is 0 Å². The van der Waals surface area contributed by atoms with E-state index >= 15 is 0 Å². The Labute approximate surface area is 202 Å². The number of carbonyl (C=O) groups is 1. The molecule has 1 heterocycles. The number of nitrogens with one attached hydrogen (secondary N) is 2. The second kappa shape index (κ2) is 9.38. The lowest BCUT2D eigenvalue weighted by Crippen LogP contribution is -2.27. The standard InChI is InChI=1S/C30H32N2O2/c1-4-20-13-15-21(16-14-20)22-17-26-29(27(33)18-22)30(32-25-11-7-6-10-24(25)31-26)23-9-5-8-12-28(23)34-19(2)3/h5-16,19,22,30-32H,4,17-18H2,1-3H3. The molecule has 2 unspecified atom stereocenters. The first kappa shape index (κ1) is 22.3. The van der Waals surface area contributed by atoms with Crippen LogP contribution in [-0.4, -0.2) is 11.9 Å². The predicted octanol–water partition coefficient (Wildman–Crippen LogP) is 7.02. The number of para-hydroxylation sites is 3. The molecule has 0 bridgehead atoms. The Morgan fingerprint density at radius 3 is 2.35 bits per heavy atom. The van der Waals surface area contributed by atoms with Gasteiger partial charge in [-0.15, -0.1) is 0 Å². The summed E-state index contributed by atoms with van der Waals surface area (Å²) in [5.74, 6) is 1.16. The third kappa shape index (κ3) is 4.33. The lowest BCUT2D eigenvalue weighted by atomic mass is 9.78. The third-order valence-electron chi connectivity index (χ3n) is 6.76. The highest BCUT2D eigenvalue weighted by atomic mass is 16.5. The van der Waals surface area contributed by atoms with Gasteiger partial charge in [-0.05, 0) is 61.9 Å². The van der Waals surface area contributed by atoms with Gasteiger partial charge in [0.05, 0.1) is 23.5 Å². The highest BCUT2D eigenvalue weighted by Gasteiger charge is 2.37. The van der Waals surface area contributed by atoms with Gasteiger partial charge in [0.1, 0.15) is 5.75 Å². The van der Waals surface area contributed by atoms with Crippen LogP contribution in [0.1, 0.15) is 62.3 Å². The molecule has 0 aromatic heterocycles. The summed E-state index contributed by atoms with van der Waals surface area (Å²) in [7, 11) is 0. The Kier molecular flexibility index (Phi) is 6.14. The van der Waals surface area contributed by atoms with Gasteiger partial charge in [-0.3, -0.25) is 4.79 Å². The molecule has 3 aromatic rings. The van der Waals surface area contributed by atoms with E-state index in [2.05, 4.69) is 60.0 Å². The summed E-state index contributed by atoms with van der Waals surface area (Å²) in [6.07, 6.45) is 2.37. The van der Waals surface area contributed by atoms with Gasteiger partial charge in [0.25, 0.3) is 0 Å². The van der Waals surface area contributed by atoms with Crippen LogP contribution in [-0.2, 0) is 11.2 Å². The molecular formula is C30H32N2O2. The van der Waals surface area contributed by atoms with E-state index in [1.807, 2.05) is 44.2 Å². The zero-order valence-corrected chi connectivity index (χ0v) is 20.1. The monoisotopic (exact) mass is 452 g/mol. The first-order valence-electron chi connectivity index (χ1n) is 12.3. The molecule has 174 valence electrons. The Balaban J connectivity index is 1.59. The van der Waals surface area contributed by atoms with Gasteiger partial charge < -0.3 is 15.4 Å². The van der Waals surface area contributed by atoms with Crippen molar-refractivity contribution < 1.29 is 9.53 Å². The van der Waals surface area contributed by atoms with Gasteiger partial charge in [-0.25, -0.2) is 0 Å². The lowest BCUT2D eigenvalue weighted by molar-refractivity contribution is -0.116. The van der Waals surface area contributed by atoms with Crippen LogP contribution in [0.2, 0.25) is 0 Å². The quantitative estimate of drug-likeness (QED) is 0.437. The number of ether oxygens (including phenoxy) is 1. The van der Waals surface area contributed by atoms with Crippen molar-refractivity contribution in [2.24, 2.45) is 0 Å². The van der Waals surface area contributed by atoms with Gasteiger partial charge in [0.15, 0.2) is 5.78 Å². The van der Waals surface area contributed by atoms with E-state index in [4.69, 9.17) is 4.74 Å². The van der Waals surface area contributed by atoms with Crippen LogP contribution >= 0.6 is 0 Å². The Morgan fingerprint density at radius 1 is 0.912 bits per heavy atom. The zero-order valence-electron chi connectivity index (χ0n) is 20.1. The molecule has 0 saturated carbocycles. The van der Waals surface area contributed by atoms with Crippen LogP contribution in [0.5, 0.6) is 5.75 Å². The topological polar surface area (TPSA) is 50.4 Å². The molecule has 0 radical (unpaired) electrons. The van der Waals surface area contributed by atoms with Crippen molar-refractivity contribution in [1.29, 1.82) is 0 Å². The second-order valence-electron chi connectivity index (χ2n) is 9.47. The maximum Gasteiger partial charge on any atom is 0.163 e. The molecule has 1 aliphatic carbocycles. The molecule has 1 aliphatic heterocycles. The summed E-state index contributed by atoms with van der Waals surface area (Å²) >= 11 is 0. The minimum atomic E-state index is -0.281. The van der Waals surface area contributed by atoms with Crippen molar-refractivity contribution in [3.63, 3.8) is 0 Å². The van der Waals surface area contributed by atoms with Crippen molar-refractivity contribution in [3.8, 4) is 5.75 Å². The van der Waals surface area contributed by atoms with Gasteiger partial charge in [-0.2, -0.15) is 0 Å². The highest BCUT2D eigenvalue weighted by Crippen LogP contribution is 2.45. The van der Waals surface area contributed by atoms with Crippen LogP contribution in [0, 0.1) is 0 Å². The number of aryl methyl sites for hydroxylation is 1. The number of allylic oxidation sites excluding steroid dienone is 1. The molecule has 34 heavy (non-hydrogen) atoms. The molecule has 4 nitrogen and oxygen atoms in total. The molecule has 2 aliphatic rings. The van der Waals surface area contributed by atoms with E-state index in [-0.39, 0.29) is 23.8 Å². The van der Waals surface area contributed by atoms with Crippen molar-refractivity contribution in [2.45, 2.75) is 58.1 Å². The normalized spacial score (nSPS) is 19.6. The first-order chi connectivity index (χ1) is 16.5. The van der Waals surface area contributed by atoms with Gasteiger partial charge in [0, 0.05) is 23.3 Å². The largest absolute Gasteiger partial charge is 0.491 e. The summed E-state index contributed by atoms with van der Waals surface area (Å²) in [5, 5.41) is 7.30. The minimum Gasteiger partial charge on any atom is -0.491 e. The molecule has 0 fully saturated rings. The van der Waals surface area contributed by atoms with E-state index in [0.717, 1.165) is 46.8 Å². The molecule has 0 saturated heterocycles. The van der Waals surface area contributed by atoms with Crippen molar-refractivity contribution in [2.75, 3.05) is 10.6 Å². The van der Waals surface area contributed by atoms with Crippen LogP contribution < -0.4 is 15.4 Å². The van der Waals surface area contributed by atoms with Crippen LogP contribution in [0.4, 0.5) is 11.4 Å². The Morgan fingerprint density at radius 2 is 1.62 bits per heavy atom. The molecule has 5 rings (SSSR count). The molecule has 4 heteroatoms. The Bertz CT molecular complexity index is 1230. The number of carbonyl (C=O) groups excluding carboxylic acids is 1. The number of benzene rings is 3. The average Bonchev–Trinajstić information content (AvgIpc) is 3.01. The smallest absolute Gasteiger partial charge is 0.163 e. The number of fused-ring (bicyclic) bond motifs is 1. The van der Waals surface area contributed by atoms with Crippen molar-refractivity contribution >= 4 is 17.2 Å². The average molecular weight is 453 g/mol. The molecular weight excluding hydrogens is 420 g/mol. The van der Waals surface area contributed by atoms with Gasteiger partial charge >= 0.3 is 0 Å². The minimum absolute atomic E-state index is 0.0447. The highest BCUT2D eigenvalue weighted by molar-refractivity contribution is 6.01. The zero-order chi connectivity index (χ0) is 23.7. The Hall–Kier alpha value is -3.53. The third-order valence-corrected chi connectivity index (χ3v) is 6.76. The predicted molar refractivity (Wildman–Crippen MR) is 138 cm³/mol. The summed E-state index contributed by atoms with van der Waals surface area (Å²) < 4.78 is 6.16. The van der Waals surface area contributed by atoms with E-state index in [9.17, 15) is 4.79 Å². The van der Waals surface area contributed by atoms with Crippen LogP contribution in [0.3, 0.4) is 0 Å². The molecule has 2 N–H and O–H groups in total. The lowest BCUT2D eigenvalue weighted by Gasteiger charge is -2.30. The maximum atomic E-state index is 13.8. The first-order valence-corrected chi connectivity index (χ1v) is 12.3. The van der Waals surface area contributed by atoms with E-state index in [0.29, 0.717) is 6.42 Å². The van der Waals surface area contributed by atoms with Crippen molar-refractivity contribution in [1.82, 2.24) is 0 Å². The fraction of sp³-hybridized carbons (Fsp3) is 0.300. The maximum absolute atomic E-state index is 13.8. The van der Waals surface area contributed by atoms with E-state index in [1.54, 1.807) is 0 Å². The summed E-state index contributed by atoms with van der Waals surface area (Å²) in [4.78, 5) is 13.8. The number of Topliss-reactive ketones (excluding diaryl/α,β-unsaturated/α-hetero) is 1. The molecule has 0 amide bonds. The fourth-order valence-electron chi connectivity index (χ4n) is 5.07. The molecule has 2 atom stereocenters. The summed E-state index contributed by atoms with van der Waals surface area (Å²) in [6, 6.07) is 24.7. The van der Waals surface area contributed by atoms with Gasteiger partial charge in [-0.1, -0.05) is 61.5 Å². The molecule has 3 aromatic carbocycles. The van der Waals surface area contributed by atoms with Crippen molar-refractivity contribution in [3.05, 3.63) is 101 Å².